The summed E-state index contributed by atoms with van der Waals surface area (Å²) in [5.74, 6) is -9.00. The Morgan fingerprint density at radius 2 is 1.67 bits per heavy atom. The second-order valence-electron chi connectivity index (χ2n) is 15.0. The number of benzene rings is 1. The van der Waals surface area contributed by atoms with E-state index in [1.54, 1.807) is 33.2 Å². The van der Waals surface area contributed by atoms with Gasteiger partial charge in [0.25, 0.3) is 0 Å². The van der Waals surface area contributed by atoms with E-state index in [9.17, 15) is 39.6 Å². The van der Waals surface area contributed by atoms with Gasteiger partial charge in [0.1, 0.15) is 23.5 Å². The Labute approximate surface area is 262 Å². The molecule has 1 aromatic rings. The SMILES string of the molecule is CC1CC2CC(C1)CC(C)(C(=O)O[C@H]1[C@H]3C(=C(O)c4c(O)cccc4[C@@H]3C)C(=O)[C@]3(O)C(=O)C(C(N)=O)C(O)[C@@H](N(C)C)[C@H]13)C2. The van der Waals surface area contributed by atoms with Crippen LogP contribution < -0.4 is 5.73 Å². The number of phenols is 1. The van der Waals surface area contributed by atoms with Crippen LogP contribution in [0, 0.1) is 40.9 Å². The van der Waals surface area contributed by atoms with E-state index in [0.29, 0.717) is 36.2 Å². The molecule has 1 amide bonds. The van der Waals surface area contributed by atoms with E-state index >= 15 is 0 Å². The van der Waals surface area contributed by atoms with Crippen LogP contribution in [0.5, 0.6) is 5.75 Å². The maximum absolute atomic E-state index is 14.4. The number of amides is 1. The smallest absolute Gasteiger partial charge is 0.312 e. The summed E-state index contributed by atoms with van der Waals surface area (Å²) in [6.07, 6.45) is 1.20. The Hall–Kier alpha value is -3.28. The molecule has 6 N–H and O–H groups in total. The van der Waals surface area contributed by atoms with Gasteiger partial charge in [0, 0.05) is 17.5 Å². The van der Waals surface area contributed by atoms with E-state index in [0.717, 1.165) is 19.3 Å². The minimum atomic E-state index is -2.97. The quantitative estimate of drug-likeness (QED) is 0.245. The van der Waals surface area contributed by atoms with Crippen molar-refractivity contribution in [1.82, 2.24) is 4.90 Å². The molecule has 4 fully saturated rings. The summed E-state index contributed by atoms with van der Waals surface area (Å²) < 4.78 is 6.45. The van der Waals surface area contributed by atoms with Crippen LogP contribution >= 0.6 is 0 Å². The van der Waals surface area contributed by atoms with E-state index in [1.165, 1.54) is 11.0 Å². The van der Waals surface area contributed by atoms with Crippen molar-refractivity contribution in [2.24, 2.45) is 46.7 Å². The molecule has 0 spiro atoms. The molecule has 5 aliphatic carbocycles. The highest BCUT2D eigenvalue weighted by Crippen LogP contribution is 2.58. The number of likely N-dealkylation sites (N-methyl/N-ethyl adjacent to an activating group) is 1. The molecule has 244 valence electrons. The first kappa shape index (κ1) is 31.7. The number of esters is 1. The molecular weight excluding hydrogens is 580 g/mol. The zero-order chi connectivity index (χ0) is 32.9. The van der Waals surface area contributed by atoms with E-state index in [4.69, 9.17) is 10.5 Å². The lowest BCUT2D eigenvalue weighted by Gasteiger charge is -2.57. The van der Waals surface area contributed by atoms with Crippen molar-refractivity contribution in [3.8, 4) is 5.75 Å². The summed E-state index contributed by atoms with van der Waals surface area (Å²) in [5, 5.41) is 46.1. The van der Waals surface area contributed by atoms with E-state index in [1.807, 2.05) is 6.92 Å². The van der Waals surface area contributed by atoms with Crippen LogP contribution in [-0.2, 0) is 23.9 Å². The molecule has 1 aromatic carbocycles. The maximum atomic E-state index is 14.4. The summed E-state index contributed by atoms with van der Waals surface area (Å²) >= 11 is 0. The Morgan fingerprint density at radius 1 is 1.04 bits per heavy atom. The summed E-state index contributed by atoms with van der Waals surface area (Å²) in [5.41, 5.74) is 1.82. The molecular formula is C34H44N2O9. The number of ether oxygens (including phenoxy) is 1. The molecule has 5 aliphatic rings. The van der Waals surface area contributed by atoms with Gasteiger partial charge in [0.2, 0.25) is 11.7 Å². The second kappa shape index (κ2) is 10.6. The standard InChI is InChI=1S/C34H44N2O9/c1-14-9-16-11-17(10-14)13-33(3,12-16)32(43)45-28-20-15(2)18-7-6-8-19(37)21(18)26(38)22(20)29(40)34(44)24(28)25(36(4)5)27(39)23(30(34)41)31(35)42/h6-8,14-17,20,23-25,27-28,37-39,44H,9-13H2,1-5H3,(H2,35,42)/t14?,15-,16?,17?,20+,23?,24+,25-,27?,28-,33?,34-/m0/s1. The number of hydrogen-bond acceptors (Lipinski definition) is 10. The number of aromatic hydroxyl groups is 1. The number of primary amides is 1. The Balaban J connectivity index is 1.53. The third-order valence-corrected chi connectivity index (χ3v) is 11.7. The number of phenolic OH excluding ortho intramolecular Hbond substituents is 1. The minimum absolute atomic E-state index is 0.0168. The fraction of sp³-hybridized carbons (Fsp3) is 0.647. The molecule has 11 nitrogen and oxygen atoms in total. The van der Waals surface area contributed by atoms with Gasteiger partial charge in [-0.2, -0.15) is 0 Å². The van der Waals surface area contributed by atoms with Gasteiger partial charge in [0.05, 0.1) is 23.0 Å². The Kier molecular flexibility index (Phi) is 7.49. The molecule has 0 aliphatic heterocycles. The lowest BCUT2D eigenvalue weighted by molar-refractivity contribution is -0.211. The lowest BCUT2D eigenvalue weighted by atomic mass is 9.51. The number of carbonyl (C=O) groups excluding carboxylic acids is 4. The largest absolute Gasteiger partial charge is 0.507 e. The molecule has 6 rings (SSSR count). The topological polar surface area (TPSA) is 188 Å². The molecule has 10 atom stereocenters. The predicted molar refractivity (Wildman–Crippen MR) is 161 cm³/mol. The second-order valence-corrected chi connectivity index (χ2v) is 15.0. The van der Waals surface area contributed by atoms with Gasteiger partial charge in [0.15, 0.2) is 11.4 Å². The number of fused-ring (bicyclic) bond motifs is 5. The van der Waals surface area contributed by atoms with Crippen LogP contribution in [0.25, 0.3) is 5.76 Å². The van der Waals surface area contributed by atoms with Gasteiger partial charge in [-0.25, -0.2) is 0 Å². The number of carbonyl (C=O) groups is 4. The van der Waals surface area contributed by atoms with Crippen LogP contribution in [0.1, 0.15) is 69.9 Å². The van der Waals surface area contributed by atoms with Crippen molar-refractivity contribution < 1.29 is 44.3 Å². The number of nitrogens with two attached hydrogens (primary N) is 1. The number of ketones is 2. The molecule has 4 saturated carbocycles. The number of rotatable bonds is 4. The molecule has 0 radical (unpaired) electrons. The first-order chi connectivity index (χ1) is 21.0. The van der Waals surface area contributed by atoms with Crippen molar-refractivity contribution in [2.45, 2.75) is 82.6 Å². The summed E-state index contributed by atoms with van der Waals surface area (Å²) in [6.45, 7) is 5.87. The zero-order valence-electron chi connectivity index (χ0n) is 26.4. The van der Waals surface area contributed by atoms with Gasteiger partial charge < -0.3 is 35.8 Å². The predicted octanol–water partition coefficient (Wildman–Crippen LogP) is 2.06. The normalized spacial score (nSPS) is 42.5. The number of nitrogens with zero attached hydrogens (tertiary/aromatic N) is 1. The third kappa shape index (κ3) is 4.48. The number of hydrogen-bond donors (Lipinski definition) is 5. The average Bonchev–Trinajstić information content (AvgIpc) is 2.93. The van der Waals surface area contributed by atoms with Crippen molar-refractivity contribution >= 4 is 29.2 Å². The molecule has 11 heteroatoms. The summed E-state index contributed by atoms with van der Waals surface area (Å²) in [6, 6.07) is 3.42. The van der Waals surface area contributed by atoms with Crippen LogP contribution in [0.3, 0.4) is 0 Å². The highest BCUT2D eigenvalue weighted by atomic mass is 16.5. The monoisotopic (exact) mass is 624 g/mol. The third-order valence-electron chi connectivity index (χ3n) is 11.7. The highest BCUT2D eigenvalue weighted by Gasteiger charge is 2.72. The zero-order valence-corrected chi connectivity index (χ0v) is 26.4. The molecule has 45 heavy (non-hydrogen) atoms. The van der Waals surface area contributed by atoms with E-state index in [-0.39, 0.29) is 16.9 Å². The van der Waals surface area contributed by atoms with Gasteiger partial charge in [-0.15, -0.1) is 0 Å². The van der Waals surface area contributed by atoms with E-state index < -0.39 is 82.1 Å². The van der Waals surface area contributed by atoms with Crippen molar-refractivity contribution in [3.05, 3.63) is 34.9 Å². The average molecular weight is 625 g/mol. The van der Waals surface area contributed by atoms with Crippen molar-refractivity contribution in [3.63, 3.8) is 0 Å². The van der Waals surface area contributed by atoms with Crippen LogP contribution in [0.15, 0.2) is 23.8 Å². The molecule has 0 saturated heterocycles. The fourth-order valence-corrected chi connectivity index (χ4v) is 10.1. The Bertz CT molecular complexity index is 1480. The van der Waals surface area contributed by atoms with Crippen LogP contribution in [0.2, 0.25) is 0 Å². The lowest BCUT2D eigenvalue weighted by Crippen LogP contribution is -2.77. The van der Waals surface area contributed by atoms with E-state index in [2.05, 4.69) is 6.92 Å². The fourth-order valence-electron chi connectivity index (χ4n) is 10.1. The first-order valence-electron chi connectivity index (χ1n) is 15.9. The molecule has 0 heterocycles. The van der Waals surface area contributed by atoms with Gasteiger partial charge >= 0.3 is 5.97 Å². The number of aliphatic hydroxyl groups excluding tert-OH is 2. The maximum Gasteiger partial charge on any atom is 0.312 e. The summed E-state index contributed by atoms with van der Waals surface area (Å²) in [7, 11) is 3.13. The Morgan fingerprint density at radius 3 is 2.24 bits per heavy atom. The number of aliphatic hydroxyl groups is 3. The van der Waals surface area contributed by atoms with Gasteiger partial charge in [-0.1, -0.05) is 26.0 Å². The minimum Gasteiger partial charge on any atom is -0.507 e. The highest BCUT2D eigenvalue weighted by molar-refractivity contribution is 6.25. The molecule has 0 aromatic heterocycles. The molecule has 4 unspecified atom stereocenters. The van der Waals surface area contributed by atoms with Crippen molar-refractivity contribution in [1.29, 1.82) is 0 Å². The molecule has 2 bridgehead atoms. The van der Waals surface area contributed by atoms with Crippen LogP contribution in [-0.4, -0.2) is 86.7 Å². The number of Topliss-reactive ketones (excluding diaryl/α,β-unsaturated/α-hetero) is 2. The summed E-state index contributed by atoms with van der Waals surface area (Å²) in [4.78, 5) is 56.9. The van der Waals surface area contributed by atoms with Crippen molar-refractivity contribution in [2.75, 3.05) is 14.1 Å². The van der Waals surface area contributed by atoms with Gasteiger partial charge in [-0.05, 0) is 88.4 Å². The van der Waals surface area contributed by atoms with Gasteiger partial charge in [-0.3, -0.25) is 19.2 Å². The first-order valence-corrected chi connectivity index (χ1v) is 15.9. The van der Waals surface area contributed by atoms with Crippen LogP contribution in [0.4, 0.5) is 0 Å².